The van der Waals surface area contributed by atoms with E-state index in [1.165, 1.54) is 6.33 Å². The molecule has 0 saturated carbocycles. The van der Waals surface area contributed by atoms with Crippen LogP contribution in [0, 0.1) is 0 Å². The molecule has 5 nitrogen and oxygen atoms in total. The van der Waals surface area contributed by atoms with Gasteiger partial charge in [0.25, 0.3) is 0 Å². The smallest absolute Gasteiger partial charge is 0.159 e. The second-order valence-electron chi connectivity index (χ2n) is 4.84. The van der Waals surface area contributed by atoms with Gasteiger partial charge in [0.2, 0.25) is 0 Å². The minimum atomic E-state index is 0.524. The van der Waals surface area contributed by atoms with Gasteiger partial charge in [0.1, 0.15) is 12.0 Å². The molecule has 0 aliphatic carbocycles. The van der Waals surface area contributed by atoms with Crippen LogP contribution in [0.2, 0.25) is 5.02 Å². The summed E-state index contributed by atoms with van der Waals surface area (Å²) in [5, 5.41) is 3.78. The Bertz CT molecular complexity index is 602. The van der Waals surface area contributed by atoms with Crippen molar-refractivity contribution in [3.8, 4) is 0 Å². The lowest BCUT2D eigenvalue weighted by Crippen LogP contribution is -2.21. The molecule has 0 aliphatic rings. The summed E-state index contributed by atoms with van der Waals surface area (Å²) in [6.07, 6.45) is 3.72. The lowest BCUT2D eigenvalue weighted by Gasteiger charge is -2.20. The van der Waals surface area contributed by atoms with Crippen LogP contribution in [-0.2, 0) is 0 Å². The van der Waals surface area contributed by atoms with Crippen LogP contribution in [0.5, 0.6) is 0 Å². The van der Waals surface area contributed by atoms with Crippen molar-refractivity contribution >= 4 is 34.6 Å². The van der Waals surface area contributed by atoms with E-state index in [0.29, 0.717) is 16.5 Å². The van der Waals surface area contributed by atoms with Crippen molar-refractivity contribution in [2.45, 2.75) is 19.8 Å². The summed E-state index contributed by atoms with van der Waals surface area (Å²) >= 11 is 6.14. The molecule has 0 spiro atoms. The number of para-hydroxylation sites is 1. The average Bonchev–Trinajstić information content (AvgIpc) is 2.49. The van der Waals surface area contributed by atoms with Crippen LogP contribution < -0.4 is 16.0 Å². The molecule has 2 aromatic rings. The van der Waals surface area contributed by atoms with Gasteiger partial charge in [0.15, 0.2) is 11.6 Å². The third kappa shape index (κ3) is 3.76. The van der Waals surface area contributed by atoms with E-state index in [0.717, 1.165) is 30.9 Å². The first-order valence-corrected chi connectivity index (χ1v) is 7.34. The minimum absolute atomic E-state index is 0.524. The first kappa shape index (κ1) is 15.4. The van der Waals surface area contributed by atoms with Crippen LogP contribution in [-0.4, -0.2) is 23.6 Å². The van der Waals surface area contributed by atoms with E-state index in [4.69, 9.17) is 17.3 Å². The number of nitrogens with zero attached hydrogens (tertiary/aromatic N) is 3. The van der Waals surface area contributed by atoms with Gasteiger partial charge in [-0.3, -0.25) is 0 Å². The maximum Gasteiger partial charge on any atom is 0.159 e. The highest BCUT2D eigenvalue weighted by atomic mass is 35.5. The monoisotopic (exact) mass is 305 g/mol. The van der Waals surface area contributed by atoms with E-state index in [2.05, 4.69) is 22.2 Å². The summed E-state index contributed by atoms with van der Waals surface area (Å²) in [6.45, 7) is 3.06. The molecule has 0 unspecified atom stereocenters. The molecule has 112 valence electrons. The van der Waals surface area contributed by atoms with Crippen LogP contribution in [0.25, 0.3) is 0 Å². The van der Waals surface area contributed by atoms with Crippen molar-refractivity contribution in [3.63, 3.8) is 0 Å². The number of benzene rings is 1. The first-order valence-electron chi connectivity index (χ1n) is 6.96. The molecule has 0 radical (unpaired) electrons. The molecular formula is C15H20ClN5. The fourth-order valence-corrected chi connectivity index (χ4v) is 2.16. The van der Waals surface area contributed by atoms with Gasteiger partial charge in [-0.1, -0.05) is 37.1 Å². The van der Waals surface area contributed by atoms with Gasteiger partial charge >= 0.3 is 0 Å². The molecule has 1 heterocycles. The number of aromatic nitrogens is 2. The van der Waals surface area contributed by atoms with Crippen molar-refractivity contribution < 1.29 is 0 Å². The number of hydrogen-bond acceptors (Lipinski definition) is 5. The fraction of sp³-hybridized carbons (Fsp3) is 0.333. The standard InChI is InChI=1S/C15H20ClN5/c1-3-4-9-21(2)15-13(17)14(18-10-19-15)20-12-8-6-5-7-11(12)16/h5-8,10H,3-4,9,17H2,1-2H3,(H,18,19,20). The lowest BCUT2D eigenvalue weighted by molar-refractivity contribution is 0.759. The van der Waals surface area contributed by atoms with Crippen LogP contribution >= 0.6 is 11.6 Å². The van der Waals surface area contributed by atoms with E-state index in [1.54, 1.807) is 0 Å². The topological polar surface area (TPSA) is 67.1 Å². The quantitative estimate of drug-likeness (QED) is 0.852. The predicted octanol–water partition coefficient (Wildman–Crippen LogP) is 3.69. The minimum Gasteiger partial charge on any atom is -0.393 e. The van der Waals surface area contributed by atoms with E-state index in [1.807, 2.05) is 36.2 Å². The summed E-state index contributed by atoms with van der Waals surface area (Å²) in [6, 6.07) is 7.47. The van der Waals surface area contributed by atoms with E-state index in [-0.39, 0.29) is 0 Å². The van der Waals surface area contributed by atoms with Crippen LogP contribution in [0.15, 0.2) is 30.6 Å². The Morgan fingerprint density at radius 3 is 2.76 bits per heavy atom. The summed E-state index contributed by atoms with van der Waals surface area (Å²) in [5.41, 5.74) is 7.48. The Kier molecular flexibility index (Phi) is 5.22. The average molecular weight is 306 g/mol. The van der Waals surface area contributed by atoms with E-state index < -0.39 is 0 Å². The highest BCUT2D eigenvalue weighted by Gasteiger charge is 2.12. The molecule has 0 aliphatic heterocycles. The van der Waals surface area contributed by atoms with Crippen molar-refractivity contribution in [1.29, 1.82) is 0 Å². The number of hydrogen-bond donors (Lipinski definition) is 2. The summed E-state index contributed by atoms with van der Waals surface area (Å²) in [5.74, 6) is 1.30. The number of rotatable bonds is 6. The normalized spacial score (nSPS) is 10.4. The largest absolute Gasteiger partial charge is 0.393 e. The number of nitrogens with one attached hydrogen (secondary N) is 1. The molecule has 1 aromatic heterocycles. The molecule has 0 fully saturated rings. The van der Waals surface area contributed by atoms with Crippen LogP contribution in [0.4, 0.5) is 23.0 Å². The van der Waals surface area contributed by atoms with Crippen molar-refractivity contribution in [2.24, 2.45) is 0 Å². The third-order valence-electron chi connectivity index (χ3n) is 3.20. The molecule has 0 atom stereocenters. The predicted molar refractivity (Wildman–Crippen MR) is 89.4 cm³/mol. The molecule has 2 rings (SSSR count). The number of nitrogen functional groups attached to an aromatic ring is 1. The Morgan fingerprint density at radius 1 is 1.29 bits per heavy atom. The van der Waals surface area contributed by atoms with Crippen LogP contribution in [0.3, 0.4) is 0 Å². The molecule has 0 amide bonds. The Morgan fingerprint density at radius 2 is 2.05 bits per heavy atom. The van der Waals surface area contributed by atoms with Crippen molar-refractivity contribution in [2.75, 3.05) is 29.5 Å². The third-order valence-corrected chi connectivity index (χ3v) is 3.53. The molecule has 1 aromatic carbocycles. The van der Waals surface area contributed by atoms with Crippen LogP contribution in [0.1, 0.15) is 19.8 Å². The van der Waals surface area contributed by atoms with Gasteiger partial charge in [-0.25, -0.2) is 9.97 Å². The SMILES string of the molecule is CCCCN(C)c1ncnc(Nc2ccccc2Cl)c1N. The number of anilines is 4. The fourth-order valence-electron chi connectivity index (χ4n) is 1.98. The molecular weight excluding hydrogens is 286 g/mol. The maximum atomic E-state index is 6.18. The van der Waals surface area contributed by atoms with Gasteiger partial charge in [-0.2, -0.15) is 0 Å². The lowest BCUT2D eigenvalue weighted by atomic mass is 10.3. The van der Waals surface area contributed by atoms with Gasteiger partial charge in [-0.15, -0.1) is 0 Å². The Hall–Kier alpha value is -2.01. The summed E-state index contributed by atoms with van der Waals surface area (Å²) in [7, 11) is 1.98. The first-order chi connectivity index (χ1) is 10.1. The molecule has 6 heteroatoms. The zero-order valence-electron chi connectivity index (χ0n) is 12.3. The highest BCUT2D eigenvalue weighted by molar-refractivity contribution is 6.33. The van der Waals surface area contributed by atoms with Crippen molar-refractivity contribution in [3.05, 3.63) is 35.6 Å². The highest BCUT2D eigenvalue weighted by Crippen LogP contribution is 2.30. The number of unbranched alkanes of at least 4 members (excludes halogenated alkanes) is 1. The van der Waals surface area contributed by atoms with Gasteiger partial charge < -0.3 is 16.0 Å². The summed E-state index contributed by atoms with van der Waals surface area (Å²) < 4.78 is 0. The van der Waals surface area contributed by atoms with E-state index >= 15 is 0 Å². The summed E-state index contributed by atoms with van der Waals surface area (Å²) in [4.78, 5) is 10.5. The van der Waals surface area contributed by atoms with Gasteiger partial charge in [0, 0.05) is 13.6 Å². The van der Waals surface area contributed by atoms with Gasteiger partial charge in [-0.05, 0) is 18.6 Å². The molecule has 21 heavy (non-hydrogen) atoms. The molecule has 0 bridgehead atoms. The van der Waals surface area contributed by atoms with Crippen molar-refractivity contribution in [1.82, 2.24) is 9.97 Å². The molecule has 0 saturated heterocycles. The zero-order valence-corrected chi connectivity index (χ0v) is 13.1. The molecule has 3 N–H and O–H groups in total. The number of nitrogens with two attached hydrogens (primary N) is 1. The maximum absolute atomic E-state index is 6.18. The number of halogens is 1. The second kappa shape index (κ2) is 7.13. The van der Waals surface area contributed by atoms with E-state index in [9.17, 15) is 0 Å². The van der Waals surface area contributed by atoms with Gasteiger partial charge in [0.05, 0.1) is 10.7 Å². The second-order valence-corrected chi connectivity index (χ2v) is 5.25. The Labute approximate surface area is 130 Å². The zero-order chi connectivity index (χ0) is 15.2. The Balaban J connectivity index is 2.23.